The van der Waals surface area contributed by atoms with Crippen molar-refractivity contribution in [3.63, 3.8) is 0 Å². The first-order valence-electron chi connectivity index (χ1n) is 7.61. The fraction of sp³-hybridized carbons (Fsp3) is 0.571. The molecule has 1 aromatic carbocycles. The van der Waals surface area contributed by atoms with Gasteiger partial charge in [-0.25, -0.2) is 4.55 Å². The smallest absolute Gasteiger partial charge is 0.491 e. The van der Waals surface area contributed by atoms with Gasteiger partial charge in [0.25, 0.3) is 5.69 Å². The Balaban J connectivity index is 2.55. The van der Waals surface area contributed by atoms with Crippen molar-refractivity contribution in [2.45, 2.75) is 13.8 Å². The van der Waals surface area contributed by atoms with E-state index in [1.165, 1.54) is 6.07 Å². The van der Waals surface area contributed by atoms with E-state index in [4.69, 9.17) is 18.8 Å². The summed E-state index contributed by atoms with van der Waals surface area (Å²) in [6.45, 7) is 6.54. The van der Waals surface area contributed by atoms with E-state index in [2.05, 4.69) is 0 Å². The monoisotopic (exact) mass is 359 g/mol. The van der Waals surface area contributed by atoms with Gasteiger partial charge in [-0.3, -0.25) is 0 Å². The van der Waals surface area contributed by atoms with E-state index in [0.29, 0.717) is 44.3 Å². The fourth-order valence-electron chi connectivity index (χ4n) is 2.41. The summed E-state index contributed by atoms with van der Waals surface area (Å²) in [5.74, 6) is 0.489. The van der Waals surface area contributed by atoms with Crippen LogP contribution in [0.1, 0.15) is 13.8 Å². The maximum atomic E-state index is 11.3. The molecule has 1 saturated heterocycles. The maximum Gasteiger partial charge on any atom is 0.501 e. The van der Waals surface area contributed by atoms with Crippen LogP contribution in [-0.2, 0) is 15.0 Å². The van der Waals surface area contributed by atoms with E-state index in [-0.39, 0.29) is 22.1 Å². The molecule has 10 heteroatoms. The van der Waals surface area contributed by atoms with Crippen LogP contribution >= 0.6 is 0 Å². The summed E-state index contributed by atoms with van der Waals surface area (Å²) in [5, 5.41) is 0. The molecule has 1 aromatic rings. The van der Waals surface area contributed by atoms with Crippen LogP contribution in [0.25, 0.3) is 5.53 Å². The third kappa shape index (κ3) is 4.13. The molecule has 134 valence electrons. The largest absolute Gasteiger partial charge is 0.501 e. The second-order valence-electron chi connectivity index (χ2n) is 4.97. The number of morpholine rings is 1. The van der Waals surface area contributed by atoms with Crippen molar-refractivity contribution < 1.29 is 31.3 Å². The Labute approximate surface area is 141 Å². The van der Waals surface area contributed by atoms with E-state index in [0.717, 1.165) is 0 Å². The fourth-order valence-corrected chi connectivity index (χ4v) is 2.80. The number of benzene rings is 1. The summed E-state index contributed by atoms with van der Waals surface area (Å²) < 4.78 is 47.7. The highest BCUT2D eigenvalue weighted by Crippen LogP contribution is 2.41. The van der Waals surface area contributed by atoms with Crippen LogP contribution in [0.5, 0.6) is 11.5 Å². The lowest BCUT2D eigenvalue weighted by molar-refractivity contribution is -0.299. The maximum absolute atomic E-state index is 11.3. The van der Waals surface area contributed by atoms with Crippen molar-refractivity contribution in [3.8, 4) is 11.5 Å². The van der Waals surface area contributed by atoms with Gasteiger partial charge >= 0.3 is 10.3 Å². The minimum absolute atomic E-state index is 0.113. The Morgan fingerprint density at radius 3 is 2.33 bits per heavy atom. The Kier molecular flexibility index (Phi) is 5.97. The Morgan fingerprint density at radius 2 is 1.79 bits per heavy atom. The highest BCUT2D eigenvalue weighted by molar-refractivity contribution is 7.79. The summed E-state index contributed by atoms with van der Waals surface area (Å²) in [6, 6.07) is 2.91. The standard InChI is InChI=1S/C14H21N3O6S/c1-3-22-13-10-12(17(15)24(18,19)20)14(23-4-2)9-11(13)16-5-7-21-8-6-16/h9-10H,3-8H2,1-2H3,(H,18,19,20). The zero-order valence-corrected chi connectivity index (χ0v) is 14.5. The van der Waals surface area contributed by atoms with Crippen LogP contribution in [0.2, 0.25) is 0 Å². The van der Waals surface area contributed by atoms with Gasteiger partial charge in [0.05, 0.1) is 38.2 Å². The summed E-state index contributed by atoms with van der Waals surface area (Å²) in [4.78, 5) is 2.02. The predicted molar refractivity (Wildman–Crippen MR) is 86.6 cm³/mol. The molecule has 2 rings (SSSR count). The first-order valence-corrected chi connectivity index (χ1v) is 9.01. The van der Waals surface area contributed by atoms with Gasteiger partial charge in [0, 0.05) is 19.2 Å². The van der Waals surface area contributed by atoms with Crippen LogP contribution in [0.15, 0.2) is 12.1 Å². The molecular formula is C14H21N3O6S. The predicted octanol–water partition coefficient (Wildman–Crippen LogP) is 1.79. The minimum Gasteiger partial charge on any atom is -0.491 e. The third-order valence-electron chi connectivity index (χ3n) is 3.42. The number of anilines is 1. The second kappa shape index (κ2) is 7.77. The number of hydrogen-bond donors (Lipinski definition) is 1. The molecule has 0 saturated carbocycles. The van der Waals surface area contributed by atoms with E-state index < -0.39 is 10.3 Å². The number of nitrogens with zero attached hydrogens (tertiary/aromatic N) is 3. The van der Waals surface area contributed by atoms with Crippen molar-refractivity contribution in [2.24, 2.45) is 0 Å². The lowest BCUT2D eigenvalue weighted by Crippen LogP contribution is -2.36. The van der Waals surface area contributed by atoms with E-state index in [9.17, 15) is 13.9 Å². The second-order valence-corrected chi connectivity index (χ2v) is 6.22. The van der Waals surface area contributed by atoms with E-state index >= 15 is 0 Å². The number of rotatable bonds is 7. The average molecular weight is 359 g/mol. The molecule has 1 fully saturated rings. The van der Waals surface area contributed by atoms with Gasteiger partial charge < -0.3 is 24.6 Å². The zero-order chi connectivity index (χ0) is 17.7. The molecular weight excluding hydrogens is 338 g/mol. The van der Waals surface area contributed by atoms with Gasteiger partial charge in [0.15, 0.2) is 5.75 Å². The summed E-state index contributed by atoms with van der Waals surface area (Å²) >= 11 is 0. The van der Waals surface area contributed by atoms with Crippen LogP contribution in [0.3, 0.4) is 0 Å². The van der Waals surface area contributed by atoms with Crippen molar-refractivity contribution >= 4 is 21.7 Å². The molecule has 0 radical (unpaired) electrons. The Morgan fingerprint density at radius 1 is 1.21 bits per heavy atom. The summed E-state index contributed by atoms with van der Waals surface area (Å²) in [6.07, 6.45) is 0. The topological polar surface area (TPSA) is 111 Å². The molecule has 1 N–H and O–H groups in total. The average Bonchev–Trinajstić information content (AvgIpc) is 2.55. The van der Waals surface area contributed by atoms with Crippen molar-refractivity contribution in [1.29, 1.82) is 0 Å². The molecule has 0 atom stereocenters. The van der Waals surface area contributed by atoms with Crippen LogP contribution in [0.4, 0.5) is 11.4 Å². The van der Waals surface area contributed by atoms with Crippen molar-refractivity contribution in [3.05, 3.63) is 17.7 Å². The molecule has 0 spiro atoms. The molecule has 0 amide bonds. The molecule has 0 bridgehead atoms. The Bertz CT molecular complexity index is 701. The van der Waals surface area contributed by atoms with Crippen molar-refractivity contribution in [2.75, 3.05) is 44.4 Å². The minimum atomic E-state index is -4.85. The van der Waals surface area contributed by atoms with E-state index in [1.54, 1.807) is 19.9 Å². The Hall–Kier alpha value is -1.91. The zero-order valence-electron chi connectivity index (χ0n) is 13.6. The van der Waals surface area contributed by atoms with Gasteiger partial charge in [0.1, 0.15) is 5.75 Å². The third-order valence-corrected chi connectivity index (χ3v) is 4.05. The van der Waals surface area contributed by atoms with Crippen molar-refractivity contribution in [1.82, 2.24) is 0 Å². The van der Waals surface area contributed by atoms with Crippen LogP contribution < -0.4 is 14.4 Å². The molecule has 0 aliphatic carbocycles. The molecule has 24 heavy (non-hydrogen) atoms. The first-order chi connectivity index (χ1) is 11.4. The molecule has 1 aliphatic heterocycles. The highest BCUT2D eigenvalue weighted by atomic mass is 32.2. The normalized spacial score (nSPS) is 15.2. The quantitative estimate of drug-likeness (QED) is 0.449. The van der Waals surface area contributed by atoms with Gasteiger partial charge in [-0.2, -0.15) is 0 Å². The van der Waals surface area contributed by atoms with Crippen LogP contribution in [-0.4, -0.2) is 56.6 Å². The summed E-state index contributed by atoms with van der Waals surface area (Å²) in [7, 11) is -4.85. The summed E-state index contributed by atoms with van der Waals surface area (Å²) in [5.41, 5.74) is 10.3. The molecule has 1 aliphatic rings. The number of hydrogen-bond acceptors (Lipinski definition) is 6. The SMILES string of the molecule is CCOc1cc([N+](=[N-])S(=O)(=O)O)c(OCC)cc1N1CCOCC1. The van der Waals surface area contributed by atoms with Gasteiger partial charge in [-0.05, 0) is 13.8 Å². The van der Waals surface area contributed by atoms with Gasteiger partial charge in [0.2, 0.25) is 0 Å². The van der Waals surface area contributed by atoms with Gasteiger partial charge in [-0.15, -0.1) is 12.5 Å². The lowest BCUT2D eigenvalue weighted by atomic mass is 10.2. The lowest BCUT2D eigenvalue weighted by Gasteiger charge is -2.30. The highest BCUT2D eigenvalue weighted by Gasteiger charge is 2.27. The molecule has 0 aromatic heterocycles. The molecule has 9 nitrogen and oxygen atoms in total. The molecule has 0 unspecified atom stereocenters. The molecule has 1 heterocycles. The first kappa shape index (κ1) is 18.4. The number of ether oxygens (including phenoxy) is 3. The van der Waals surface area contributed by atoms with Crippen LogP contribution in [0, 0.1) is 0 Å². The van der Waals surface area contributed by atoms with E-state index in [1.807, 2.05) is 4.90 Å². The van der Waals surface area contributed by atoms with Gasteiger partial charge in [-0.1, -0.05) is 0 Å².